The van der Waals surface area contributed by atoms with Crippen LogP contribution in [0.1, 0.15) is 6.42 Å². The van der Waals surface area contributed by atoms with Crippen molar-refractivity contribution in [3.63, 3.8) is 0 Å². The Morgan fingerprint density at radius 1 is 1.30 bits per heavy atom. The number of nitrogens with zero attached hydrogens (tertiary/aromatic N) is 2. The number of halogens is 2. The predicted molar refractivity (Wildman–Crippen MR) is 96.3 cm³/mol. The first-order valence-electron chi connectivity index (χ1n) is 7.83. The number of rotatable bonds is 4. The van der Waals surface area contributed by atoms with E-state index in [2.05, 4.69) is 26.1 Å². The van der Waals surface area contributed by atoms with E-state index >= 15 is 0 Å². The molecule has 0 aliphatic carbocycles. The fraction of sp³-hybridized carbons (Fsp3) is 0.562. The summed E-state index contributed by atoms with van der Waals surface area (Å²) < 4.78 is 6.55. The highest BCUT2D eigenvalue weighted by molar-refractivity contribution is 9.10. The third kappa shape index (κ3) is 5.08. The maximum absolute atomic E-state index is 12.3. The molecule has 7 heteroatoms. The molecular weight excluding hydrogens is 382 g/mol. The smallest absolute Gasteiger partial charge is 0.260 e. The topological polar surface area (TPSA) is 44.8 Å². The van der Waals surface area contributed by atoms with Gasteiger partial charge < -0.3 is 15.0 Å². The van der Waals surface area contributed by atoms with Crippen LogP contribution in [0.25, 0.3) is 0 Å². The van der Waals surface area contributed by atoms with Crippen molar-refractivity contribution in [3.05, 3.63) is 28.7 Å². The van der Waals surface area contributed by atoms with Crippen molar-refractivity contribution in [2.75, 3.05) is 45.9 Å². The van der Waals surface area contributed by atoms with E-state index in [-0.39, 0.29) is 24.9 Å². The van der Waals surface area contributed by atoms with Gasteiger partial charge in [-0.05, 0) is 24.6 Å². The minimum atomic E-state index is 0. The summed E-state index contributed by atoms with van der Waals surface area (Å²) in [6, 6.07) is 8.09. The summed E-state index contributed by atoms with van der Waals surface area (Å²) in [6.45, 7) is 6.07. The summed E-state index contributed by atoms with van der Waals surface area (Å²) in [4.78, 5) is 16.7. The molecule has 23 heavy (non-hydrogen) atoms. The Balaban J connectivity index is 0.00000192. The van der Waals surface area contributed by atoms with Crippen LogP contribution in [0.4, 0.5) is 0 Å². The zero-order valence-corrected chi connectivity index (χ0v) is 15.4. The zero-order valence-electron chi connectivity index (χ0n) is 13.0. The third-order valence-corrected chi connectivity index (χ3v) is 4.84. The van der Waals surface area contributed by atoms with Gasteiger partial charge in [0.15, 0.2) is 6.61 Å². The van der Waals surface area contributed by atoms with Crippen molar-refractivity contribution >= 4 is 34.2 Å². The molecule has 2 heterocycles. The third-order valence-electron chi connectivity index (χ3n) is 4.34. The van der Waals surface area contributed by atoms with Crippen LogP contribution in [0.2, 0.25) is 0 Å². The second-order valence-electron chi connectivity index (χ2n) is 5.81. The number of amides is 1. The number of ether oxygens (including phenoxy) is 1. The molecule has 0 saturated carbocycles. The van der Waals surface area contributed by atoms with Gasteiger partial charge in [0.2, 0.25) is 0 Å². The standard InChI is InChI=1S/C16H22BrN3O2.ClH/c17-13-2-1-3-15(10-13)22-12-16(21)20-7-4-14(11-20)19-8-5-18-6-9-19;/h1-3,10,14,18H,4-9,11-12H2;1H. The lowest BCUT2D eigenvalue weighted by Gasteiger charge is -2.32. The number of likely N-dealkylation sites (tertiary alicyclic amines) is 1. The molecule has 1 aromatic carbocycles. The average molecular weight is 405 g/mol. The monoisotopic (exact) mass is 403 g/mol. The van der Waals surface area contributed by atoms with E-state index in [4.69, 9.17) is 4.74 Å². The number of hydrogen-bond acceptors (Lipinski definition) is 4. The normalized spacial score (nSPS) is 21.8. The molecule has 0 radical (unpaired) electrons. The highest BCUT2D eigenvalue weighted by Gasteiger charge is 2.30. The zero-order chi connectivity index (χ0) is 15.4. The fourth-order valence-electron chi connectivity index (χ4n) is 3.11. The second-order valence-corrected chi connectivity index (χ2v) is 6.73. The van der Waals surface area contributed by atoms with Crippen molar-refractivity contribution in [2.45, 2.75) is 12.5 Å². The Kier molecular flexibility index (Phi) is 7.14. The Bertz CT molecular complexity index is 526. The largest absolute Gasteiger partial charge is 0.484 e. The number of nitrogens with one attached hydrogen (secondary N) is 1. The molecule has 5 nitrogen and oxygen atoms in total. The number of piperazine rings is 1. The predicted octanol–water partition coefficient (Wildman–Crippen LogP) is 1.76. The highest BCUT2D eigenvalue weighted by Crippen LogP contribution is 2.19. The van der Waals surface area contributed by atoms with Gasteiger partial charge in [-0.1, -0.05) is 22.0 Å². The Morgan fingerprint density at radius 2 is 2.09 bits per heavy atom. The summed E-state index contributed by atoms with van der Waals surface area (Å²) >= 11 is 3.40. The molecule has 3 rings (SSSR count). The first-order valence-corrected chi connectivity index (χ1v) is 8.62. The van der Waals surface area contributed by atoms with Gasteiger partial charge >= 0.3 is 0 Å². The maximum Gasteiger partial charge on any atom is 0.260 e. The Labute approximate surface area is 151 Å². The number of hydrogen-bond donors (Lipinski definition) is 1. The van der Waals surface area contributed by atoms with E-state index in [1.54, 1.807) is 0 Å². The molecule has 128 valence electrons. The lowest BCUT2D eigenvalue weighted by Crippen LogP contribution is -2.49. The molecule has 0 aromatic heterocycles. The van der Waals surface area contributed by atoms with Gasteiger partial charge in [-0.2, -0.15) is 0 Å². The van der Waals surface area contributed by atoms with Crippen molar-refractivity contribution < 1.29 is 9.53 Å². The molecule has 1 amide bonds. The van der Waals surface area contributed by atoms with Crippen LogP contribution in [-0.2, 0) is 4.79 Å². The molecule has 1 N–H and O–H groups in total. The van der Waals surface area contributed by atoms with E-state index < -0.39 is 0 Å². The van der Waals surface area contributed by atoms with E-state index in [9.17, 15) is 4.79 Å². The molecule has 1 atom stereocenters. The molecule has 2 aliphatic rings. The fourth-order valence-corrected chi connectivity index (χ4v) is 3.49. The molecule has 2 saturated heterocycles. The minimum Gasteiger partial charge on any atom is -0.484 e. The van der Waals surface area contributed by atoms with Gasteiger partial charge in [0.25, 0.3) is 5.91 Å². The first-order chi connectivity index (χ1) is 10.7. The van der Waals surface area contributed by atoms with Gasteiger partial charge in [-0.3, -0.25) is 9.69 Å². The SMILES string of the molecule is Cl.O=C(COc1cccc(Br)c1)N1CCC(N2CCNCC2)C1. The van der Waals surface area contributed by atoms with Gasteiger partial charge in [0.1, 0.15) is 5.75 Å². The van der Waals surface area contributed by atoms with Gasteiger partial charge in [0, 0.05) is 49.8 Å². The van der Waals surface area contributed by atoms with Crippen molar-refractivity contribution in [1.82, 2.24) is 15.1 Å². The summed E-state index contributed by atoms with van der Waals surface area (Å²) in [5.41, 5.74) is 0. The maximum atomic E-state index is 12.3. The van der Waals surface area contributed by atoms with E-state index in [1.807, 2.05) is 29.2 Å². The van der Waals surface area contributed by atoms with Crippen LogP contribution in [0.3, 0.4) is 0 Å². The minimum absolute atomic E-state index is 0. The van der Waals surface area contributed by atoms with Crippen molar-refractivity contribution in [1.29, 1.82) is 0 Å². The molecule has 1 unspecified atom stereocenters. The van der Waals surface area contributed by atoms with E-state index in [1.165, 1.54) is 0 Å². The Hall–Kier alpha value is -0.820. The highest BCUT2D eigenvalue weighted by atomic mass is 79.9. The van der Waals surface area contributed by atoms with Crippen LogP contribution in [0.5, 0.6) is 5.75 Å². The first kappa shape index (κ1) is 18.5. The molecule has 1 aromatic rings. The number of carbonyl (C=O) groups excluding carboxylic acids is 1. The van der Waals surface area contributed by atoms with Gasteiger partial charge in [-0.15, -0.1) is 12.4 Å². The van der Waals surface area contributed by atoms with Crippen molar-refractivity contribution in [3.8, 4) is 5.75 Å². The van der Waals surface area contributed by atoms with Crippen LogP contribution in [-0.4, -0.2) is 67.6 Å². The summed E-state index contributed by atoms with van der Waals surface area (Å²) in [5.74, 6) is 0.804. The summed E-state index contributed by atoms with van der Waals surface area (Å²) in [5, 5.41) is 3.37. The summed E-state index contributed by atoms with van der Waals surface area (Å²) in [6.07, 6.45) is 1.07. The number of benzene rings is 1. The Morgan fingerprint density at radius 3 is 2.83 bits per heavy atom. The van der Waals surface area contributed by atoms with E-state index in [0.717, 1.165) is 55.9 Å². The average Bonchev–Trinajstić information content (AvgIpc) is 3.04. The lowest BCUT2D eigenvalue weighted by molar-refractivity contribution is -0.132. The molecule has 0 spiro atoms. The molecule has 2 fully saturated rings. The van der Waals surface area contributed by atoms with Gasteiger partial charge in [0.05, 0.1) is 0 Å². The van der Waals surface area contributed by atoms with Crippen LogP contribution >= 0.6 is 28.3 Å². The van der Waals surface area contributed by atoms with Gasteiger partial charge in [-0.25, -0.2) is 0 Å². The van der Waals surface area contributed by atoms with Crippen molar-refractivity contribution in [2.24, 2.45) is 0 Å². The quantitative estimate of drug-likeness (QED) is 0.830. The second kappa shape index (κ2) is 8.87. The van der Waals surface area contributed by atoms with Crippen LogP contribution in [0.15, 0.2) is 28.7 Å². The lowest BCUT2D eigenvalue weighted by atomic mass is 10.2. The van der Waals surface area contributed by atoms with E-state index in [0.29, 0.717) is 6.04 Å². The molecule has 2 aliphatic heterocycles. The molecule has 0 bridgehead atoms. The molecular formula is C16H23BrClN3O2. The number of carbonyl (C=O) groups is 1. The summed E-state index contributed by atoms with van der Waals surface area (Å²) in [7, 11) is 0. The van der Waals surface area contributed by atoms with Crippen LogP contribution < -0.4 is 10.1 Å². The van der Waals surface area contributed by atoms with Crippen LogP contribution in [0, 0.1) is 0 Å².